The van der Waals surface area contributed by atoms with Crippen LogP contribution in [0.4, 0.5) is 0 Å². The van der Waals surface area contributed by atoms with E-state index in [1.807, 2.05) is 42.5 Å². The number of benzene rings is 3. The highest BCUT2D eigenvalue weighted by Crippen LogP contribution is 2.25. The predicted molar refractivity (Wildman–Crippen MR) is 104 cm³/mol. The number of aliphatic carboxylic acids is 1. The van der Waals surface area contributed by atoms with E-state index in [2.05, 4.69) is 4.99 Å². The third-order valence-corrected chi connectivity index (χ3v) is 4.18. The number of fused-ring (bicyclic) bond motifs is 1. The average molecular weight is 373 g/mol. The molecule has 0 amide bonds. The molecule has 28 heavy (non-hydrogen) atoms. The van der Waals surface area contributed by atoms with Gasteiger partial charge in [0, 0.05) is 11.1 Å². The van der Waals surface area contributed by atoms with E-state index in [-0.39, 0.29) is 11.6 Å². The van der Waals surface area contributed by atoms with Crippen LogP contribution in [0, 0.1) is 0 Å². The minimum atomic E-state index is -1.08. The summed E-state index contributed by atoms with van der Waals surface area (Å²) in [6, 6.07) is 20.4. The number of cyclic esters (lactones) is 1. The molecular formula is C22H15NO5. The highest BCUT2D eigenvalue weighted by Gasteiger charge is 2.24. The monoisotopic (exact) mass is 373 g/mol. The Morgan fingerprint density at radius 2 is 1.79 bits per heavy atom. The summed E-state index contributed by atoms with van der Waals surface area (Å²) in [6.45, 7) is -0.476. The van der Waals surface area contributed by atoms with Crippen molar-refractivity contribution >= 4 is 34.7 Å². The highest BCUT2D eigenvalue weighted by atomic mass is 16.6. The molecule has 0 unspecified atom stereocenters. The van der Waals surface area contributed by atoms with Gasteiger partial charge in [0.2, 0.25) is 5.90 Å². The number of carbonyl (C=O) groups is 2. The summed E-state index contributed by atoms with van der Waals surface area (Å²) >= 11 is 0. The van der Waals surface area contributed by atoms with Crippen LogP contribution >= 0.6 is 0 Å². The summed E-state index contributed by atoms with van der Waals surface area (Å²) in [5, 5.41) is 10.9. The molecular weight excluding hydrogens is 358 g/mol. The van der Waals surface area contributed by atoms with Crippen LogP contribution in [0.15, 0.2) is 77.4 Å². The fraction of sp³-hybridized carbons (Fsp3) is 0.0455. The Labute approximate surface area is 160 Å². The van der Waals surface area contributed by atoms with Crippen molar-refractivity contribution in [2.45, 2.75) is 0 Å². The molecule has 0 saturated carbocycles. The van der Waals surface area contributed by atoms with Gasteiger partial charge in [-0.25, -0.2) is 14.6 Å². The van der Waals surface area contributed by atoms with Crippen LogP contribution in [0.25, 0.3) is 16.8 Å². The van der Waals surface area contributed by atoms with E-state index < -0.39 is 18.5 Å². The fourth-order valence-corrected chi connectivity index (χ4v) is 2.87. The molecule has 1 aliphatic heterocycles. The molecule has 0 saturated heterocycles. The van der Waals surface area contributed by atoms with E-state index in [0.29, 0.717) is 16.9 Å². The zero-order valence-corrected chi connectivity index (χ0v) is 14.7. The Kier molecular flexibility index (Phi) is 4.60. The molecule has 0 atom stereocenters. The van der Waals surface area contributed by atoms with E-state index in [1.165, 1.54) is 6.08 Å². The second-order valence-electron chi connectivity index (χ2n) is 6.12. The first-order chi connectivity index (χ1) is 13.6. The lowest BCUT2D eigenvalue weighted by atomic mass is 10.1. The fourth-order valence-electron chi connectivity index (χ4n) is 2.87. The van der Waals surface area contributed by atoms with E-state index in [4.69, 9.17) is 14.6 Å². The Balaban J connectivity index is 1.66. The standard InChI is InChI=1S/C22H15NO5/c24-20(25)13-27-19-8-4-3-7-16(19)12-18-22(26)28-21(23-18)17-10-9-14-5-1-2-6-15(14)11-17/h1-12H,13H2,(H,24,25)/b18-12-. The maximum atomic E-state index is 12.3. The van der Waals surface area contributed by atoms with Gasteiger partial charge in [-0.05, 0) is 35.0 Å². The van der Waals surface area contributed by atoms with Gasteiger partial charge in [-0.1, -0.05) is 48.5 Å². The van der Waals surface area contributed by atoms with Crippen molar-refractivity contribution in [2.24, 2.45) is 4.99 Å². The zero-order valence-electron chi connectivity index (χ0n) is 14.7. The largest absolute Gasteiger partial charge is 0.481 e. The number of para-hydroxylation sites is 1. The van der Waals surface area contributed by atoms with Crippen molar-refractivity contribution in [1.29, 1.82) is 0 Å². The second kappa shape index (κ2) is 7.36. The van der Waals surface area contributed by atoms with Crippen LogP contribution in [-0.2, 0) is 14.3 Å². The minimum Gasteiger partial charge on any atom is -0.481 e. The van der Waals surface area contributed by atoms with Crippen molar-refractivity contribution in [1.82, 2.24) is 0 Å². The molecule has 0 fully saturated rings. The number of nitrogens with zero attached hydrogens (tertiary/aromatic N) is 1. The molecule has 6 heteroatoms. The molecule has 4 rings (SSSR count). The molecule has 0 spiro atoms. The molecule has 6 nitrogen and oxygen atoms in total. The normalized spacial score (nSPS) is 14.8. The lowest BCUT2D eigenvalue weighted by Gasteiger charge is -2.06. The lowest BCUT2D eigenvalue weighted by molar-refractivity contribution is -0.139. The first-order valence-corrected chi connectivity index (χ1v) is 8.55. The van der Waals surface area contributed by atoms with Crippen LogP contribution < -0.4 is 4.74 Å². The van der Waals surface area contributed by atoms with Crippen LogP contribution in [0.5, 0.6) is 5.75 Å². The Morgan fingerprint density at radius 3 is 2.61 bits per heavy atom. The maximum absolute atomic E-state index is 12.3. The first-order valence-electron chi connectivity index (χ1n) is 8.55. The average Bonchev–Trinajstić information content (AvgIpc) is 3.07. The number of ether oxygens (including phenoxy) is 2. The van der Waals surface area contributed by atoms with E-state index in [9.17, 15) is 9.59 Å². The van der Waals surface area contributed by atoms with E-state index in [1.54, 1.807) is 24.3 Å². The Morgan fingerprint density at radius 1 is 1.04 bits per heavy atom. The van der Waals surface area contributed by atoms with Gasteiger partial charge in [0.05, 0.1) is 0 Å². The first kappa shape index (κ1) is 17.5. The lowest BCUT2D eigenvalue weighted by Crippen LogP contribution is -2.10. The summed E-state index contributed by atoms with van der Waals surface area (Å²) < 4.78 is 10.6. The Hall–Kier alpha value is -3.93. The van der Waals surface area contributed by atoms with Gasteiger partial charge in [0.15, 0.2) is 12.3 Å². The number of esters is 1. The van der Waals surface area contributed by atoms with Crippen molar-refractivity contribution in [3.63, 3.8) is 0 Å². The van der Waals surface area contributed by atoms with Crippen LogP contribution in [0.1, 0.15) is 11.1 Å². The third kappa shape index (κ3) is 3.61. The predicted octanol–water partition coefficient (Wildman–Crippen LogP) is 3.65. The number of rotatable bonds is 5. The summed E-state index contributed by atoms with van der Waals surface area (Å²) in [6.07, 6.45) is 1.52. The van der Waals surface area contributed by atoms with Crippen LogP contribution in [-0.4, -0.2) is 29.5 Å². The SMILES string of the molecule is O=C(O)COc1ccccc1/C=C1\N=C(c2ccc3ccccc3c2)OC1=O. The van der Waals surface area contributed by atoms with Gasteiger partial charge in [0.1, 0.15) is 5.75 Å². The van der Waals surface area contributed by atoms with Crippen molar-refractivity contribution in [2.75, 3.05) is 6.61 Å². The quantitative estimate of drug-likeness (QED) is 0.545. The van der Waals surface area contributed by atoms with Gasteiger partial charge < -0.3 is 14.6 Å². The van der Waals surface area contributed by atoms with Crippen LogP contribution in [0.3, 0.4) is 0 Å². The van der Waals surface area contributed by atoms with Crippen LogP contribution in [0.2, 0.25) is 0 Å². The van der Waals surface area contributed by atoms with Crippen molar-refractivity contribution < 1.29 is 24.2 Å². The summed E-state index contributed by atoms with van der Waals surface area (Å²) in [7, 11) is 0. The third-order valence-electron chi connectivity index (χ3n) is 4.18. The van der Waals surface area contributed by atoms with Crippen molar-refractivity contribution in [3.8, 4) is 5.75 Å². The number of carboxylic acids is 1. The topological polar surface area (TPSA) is 85.2 Å². The van der Waals surface area contributed by atoms with Gasteiger partial charge in [-0.15, -0.1) is 0 Å². The van der Waals surface area contributed by atoms with Gasteiger partial charge >= 0.3 is 11.9 Å². The molecule has 0 aliphatic carbocycles. The van der Waals surface area contributed by atoms with Gasteiger partial charge in [-0.3, -0.25) is 0 Å². The molecule has 0 bridgehead atoms. The molecule has 138 valence electrons. The molecule has 3 aromatic carbocycles. The smallest absolute Gasteiger partial charge is 0.363 e. The maximum Gasteiger partial charge on any atom is 0.363 e. The molecule has 1 heterocycles. The molecule has 0 aromatic heterocycles. The molecule has 1 N–H and O–H groups in total. The molecule has 3 aromatic rings. The number of carbonyl (C=O) groups excluding carboxylic acids is 1. The number of hydrogen-bond acceptors (Lipinski definition) is 5. The summed E-state index contributed by atoms with van der Waals surface area (Å²) in [5.74, 6) is -1.08. The van der Waals surface area contributed by atoms with Crippen molar-refractivity contribution in [3.05, 3.63) is 83.6 Å². The summed E-state index contributed by atoms with van der Waals surface area (Å²) in [4.78, 5) is 27.3. The van der Waals surface area contributed by atoms with Gasteiger partial charge in [-0.2, -0.15) is 0 Å². The Bertz CT molecular complexity index is 1150. The summed E-state index contributed by atoms with van der Waals surface area (Å²) in [5.41, 5.74) is 1.36. The number of hydrogen-bond donors (Lipinski definition) is 1. The zero-order chi connectivity index (χ0) is 19.5. The number of aliphatic imine (C=N–C) groups is 1. The van der Waals surface area contributed by atoms with E-state index in [0.717, 1.165) is 10.8 Å². The number of carboxylic acid groups (broad SMARTS) is 1. The van der Waals surface area contributed by atoms with Gasteiger partial charge in [0.25, 0.3) is 0 Å². The molecule has 1 aliphatic rings. The van der Waals surface area contributed by atoms with E-state index >= 15 is 0 Å². The minimum absolute atomic E-state index is 0.120. The highest BCUT2D eigenvalue weighted by molar-refractivity contribution is 6.13. The molecule has 0 radical (unpaired) electrons. The second-order valence-corrected chi connectivity index (χ2v) is 6.12.